The summed E-state index contributed by atoms with van der Waals surface area (Å²) in [5, 5.41) is 17.4. The predicted octanol–water partition coefficient (Wildman–Crippen LogP) is -0.969. The number of halogens is 1. The summed E-state index contributed by atoms with van der Waals surface area (Å²) in [5.41, 5.74) is 10.8. The van der Waals surface area contributed by atoms with E-state index in [-0.39, 0.29) is 25.0 Å². The third-order valence-electron chi connectivity index (χ3n) is 1.68. The van der Waals surface area contributed by atoms with Crippen molar-refractivity contribution in [1.29, 1.82) is 0 Å². The molecule has 0 aliphatic heterocycles. The fourth-order valence-corrected chi connectivity index (χ4v) is 0.820. The van der Waals surface area contributed by atoms with Gasteiger partial charge in [-0.15, -0.1) is 12.4 Å². The van der Waals surface area contributed by atoms with E-state index in [0.717, 1.165) is 0 Å². The van der Waals surface area contributed by atoms with Gasteiger partial charge in [0, 0.05) is 18.5 Å². The molecule has 0 bridgehead atoms. The van der Waals surface area contributed by atoms with Gasteiger partial charge in [0.1, 0.15) is 0 Å². The SMILES string of the molecule is CCC(N)C(CN)C(O)O.Cl. The second-order valence-corrected chi connectivity index (χ2v) is 2.39. The zero-order valence-corrected chi connectivity index (χ0v) is 7.42. The van der Waals surface area contributed by atoms with Crippen molar-refractivity contribution in [1.82, 2.24) is 0 Å². The summed E-state index contributed by atoms with van der Waals surface area (Å²) >= 11 is 0. The molecule has 0 saturated carbocycles. The standard InChI is InChI=1S/C6H16N2O2.ClH/c1-2-5(8)4(3-7)6(9)10;/h4-6,9-10H,2-3,7-8H2,1H3;1H. The van der Waals surface area contributed by atoms with Crippen LogP contribution in [-0.2, 0) is 0 Å². The smallest absolute Gasteiger partial charge is 0.156 e. The number of aliphatic hydroxyl groups is 2. The highest BCUT2D eigenvalue weighted by molar-refractivity contribution is 5.85. The maximum absolute atomic E-state index is 8.71. The lowest BCUT2D eigenvalue weighted by Gasteiger charge is -2.22. The van der Waals surface area contributed by atoms with Gasteiger partial charge in [0.05, 0.1) is 0 Å². The normalized spacial score (nSPS) is 15.8. The van der Waals surface area contributed by atoms with Crippen molar-refractivity contribution in [3.8, 4) is 0 Å². The first-order chi connectivity index (χ1) is 4.63. The highest BCUT2D eigenvalue weighted by Crippen LogP contribution is 2.06. The van der Waals surface area contributed by atoms with Gasteiger partial charge in [-0.1, -0.05) is 6.92 Å². The van der Waals surface area contributed by atoms with Crippen LogP contribution in [-0.4, -0.2) is 29.1 Å². The molecule has 0 radical (unpaired) electrons. The molecule has 0 aromatic carbocycles. The Balaban J connectivity index is 0. The second-order valence-electron chi connectivity index (χ2n) is 2.39. The molecule has 0 aromatic heterocycles. The summed E-state index contributed by atoms with van der Waals surface area (Å²) < 4.78 is 0. The second kappa shape index (κ2) is 6.82. The Bertz CT molecular complexity index is 92.7. The quantitative estimate of drug-likeness (QED) is 0.423. The molecule has 0 aliphatic rings. The first kappa shape index (κ1) is 13.7. The van der Waals surface area contributed by atoms with Gasteiger partial charge in [0.25, 0.3) is 0 Å². The molecule has 2 unspecified atom stereocenters. The summed E-state index contributed by atoms with van der Waals surface area (Å²) in [7, 11) is 0. The molecule has 0 aliphatic carbocycles. The molecular formula is C6H17ClN2O2. The van der Waals surface area contributed by atoms with E-state index >= 15 is 0 Å². The number of hydrogen-bond acceptors (Lipinski definition) is 4. The van der Waals surface area contributed by atoms with Crippen molar-refractivity contribution in [3.05, 3.63) is 0 Å². The van der Waals surface area contributed by atoms with E-state index in [1.165, 1.54) is 0 Å². The molecule has 0 rings (SSSR count). The van der Waals surface area contributed by atoms with Crippen LogP contribution >= 0.6 is 12.4 Å². The highest BCUT2D eigenvalue weighted by Gasteiger charge is 2.20. The molecule has 0 heterocycles. The fraction of sp³-hybridized carbons (Fsp3) is 1.00. The van der Waals surface area contributed by atoms with Crippen LogP contribution in [0.5, 0.6) is 0 Å². The van der Waals surface area contributed by atoms with Crippen molar-refractivity contribution in [2.45, 2.75) is 25.7 Å². The Morgan fingerprint density at radius 3 is 1.91 bits per heavy atom. The van der Waals surface area contributed by atoms with Crippen molar-refractivity contribution < 1.29 is 10.2 Å². The van der Waals surface area contributed by atoms with Gasteiger partial charge in [-0.3, -0.25) is 0 Å². The zero-order chi connectivity index (χ0) is 8.15. The molecule has 5 heteroatoms. The van der Waals surface area contributed by atoms with E-state index in [4.69, 9.17) is 21.7 Å². The van der Waals surface area contributed by atoms with Crippen LogP contribution in [0.2, 0.25) is 0 Å². The molecule has 0 saturated heterocycles. The molecule has 11 heavy (non-hydrogen) atoms. The van der Waals surface area contributed by atoms with E-state index in [0.29, 0.717) is 6.42 Å². The predicted molar refractivity (Wildman–Crippen MR) is 46.3 cm³/mol. The molecule has 0 aromatic rings. The van der Waals surface area contributed by atoms with E-state index in [2.05, 4.69) is 0 Å². The molecule has 4 nitrogen and oxygen atoms in total. The van der Waals surface area contributed by atoms with Crippen molar-refractivity contribution in [2.24, 2.45) is 17.4 Å². The topological polar surface area (TPSA) is 92.5 Å². The average molecular weight is 185 g/mol. The van der Waals surface area contributed by atoms with Crippen molar-refractivity contribution in [2.75, 3.05) is 6.54 Å². The minimum atomic E-state index is -1.39. The minimum Gasteiger partial charge on any atom is -0.368 e. The molecular weight excluding hydrogens is 168 g/mol. The van der Waals surface area contributed by atoms with Gasteiger partial charge in [-0.2, -0.15) is 0 Å². The Hall–Kier alpha value is 0.130. The Kier molecular flexibility index (Phi) is 8.49. The molecule has 0 spiro atoms. The molecule has 6 N–H and O–H groups in total. The van der Waals surface area contributed by atoms with Crippen LogP contribution in [0.3, 0.4) is 0 Å². The highest BCUT2D eigenvalue weighted by atomic mass is 35.5. The van der Waals surface area contributed by atoms with Crippen LogP contribution in [0.1, 0.15) is 13.3 Å². The molecule has 0 amide bonds. The van der Waals surface area contributed by atoms with Gasteiger partial charge in [0.2, 0.25) is 0 Å². The van der Waals surface area contributed by atoms with Gasteiger partial charge in [-0.05, 0) is 6.42 Å². The summed E-state index contributed by atoms with van der Waals surface area (Å²) in [6.45, 7) is 2.10. The summed E-state index contributed by atoms with van der Waals surface area (Å²) in [6.07, 6.45) is -0.681. The van der Waals surface area contributed by atoms with Crippen LogP contribution in [0.25, 0.3) is 0 Å². The van der Waals surface area contributed by atoms with Gasteiger partial charge < -0.3 is 21.7 Å². The van der Waals surface area contributed by atoms with Crippen LogP contribution in [0, 0.1) is 5.92 Å². The van der Waals surface area contributed by atoms with E-state index in [1.54, 1.807) is 0 Å². The maximum atomic E-state index is 8.71. The number of rotatable bonds is 4. The van der Waals surface area contributed by atoms with Gasteiger partial charge in [0.15, 0.2) is 6.29 Å². The van der Waals surface area contributed by atoms with Crippen LogP contribution in [0.15, 0.2) is 0 Å². The van der Waals surface area contributed by atoms with E-state index in [1.807, 2.05) is 6.92 Å². The zero-order valence-electron chi connectivity index (χ0n) is 6.60. The third-order valence-corrected chi connectivity index (χ3v) is 1.68. The summed E-state index contributed by atoms with van der Waals surface area (Å²) in [5.74, 6) is -0.398. The lowest BCUT2D eigenvalue weighted by molar-refractivity contribution is -0.0874. The maximum Gasteiger partial charge on any atom is 0.156 e. The summed E-state index contributed by atoms with van der Waals surface area (Å²) in [6, 6.07) is -0.218. The van der Waals surface area contributed by atoms with Gasteiger partial charge >= 0.3 is 0 Å². The summed E-state index contributed by atoms with van der Waals surface area (Å²) in [4.78, 5) is 0. The molecule has 2 atom stereocenters. The number of hydrogen-bond donors (Lipinski definition) is 4. The minimum absolute atomic E-state index is 0. The Morgan fingerprint density at radius 2 is 1.82 bits per heavy atom. The lowest BCUT2D eigenvalue weighted by atomic mass is 9.98. The first-order valence-corrected chi connectivity index (χ1v) is 3.45. The van der Waals surface area contributed by atoms with Crippen LogP contribution in [0.4, 0.5) is 0 Å². The number of nitrogens with two attached hydrogens (primary N) is 2. The van der Waals surface area contributed by atoms with E-state index < -0.39 is 12.2 Å². The first-order valence-electron chi connectivity index (χ1n) is 3.45. The van der Waals surface area contributed by atoms with Crippen molar-refractivity contribution >= 4 is 12.4 Å². The Labute approximate surface area is 73.0 Å². The van der Waals surface area contributed by atoms with Gasteiger partial charge in [-0.25, -0.2) is 0 Å². The van der Waals surface area contributed by atoms with E-state index in [9.17, 15) is 0 Å². The fourth-order valence-electron chi connectivity index (χ4n) is 0.820. The lowest BCUT2D eigenvalue weighted by Crippen LogP contribution is -2.42. The third kappa shape index (κ3) is 4.55. The Morgan fingerprint density at radius 1 is 1.36 bits per heavy atom. The molecule has 70 valence electrons. The number of aliphatic hydroxyl groups excluding tert-OH is 1. The van der Waals surface area contributed by atoms with Crippen molar-refractivity contribution in [3.63, 3.8) is 0 Å². The van der Waals surface area contributed by atoms with Crippen LogP contribution < -0.4 is 11.5 Å². The molecule has 0 fully saturated rings. The monoisotopic (exact) mass is 184 g/mol. The largest absolute Gasteiger partial charge is 0.368 e. The average Bonchev–Trinajstić information content (AvgIpc) is 1.88.